The predicted molar refractivity (Wildman–Crippen MR) is 98.6 cm³/mol. The first-order valence-corrected chi connectivity index (χ1v) is 9.96. The lowest BCUT2D eigenvalue weighted by Gasteiger charge is -2.38. The van der Waals surface area contributed by atoms with Gasteiger partial charge in [-0.3, -0.25) is 0 Å². The maximum absolute atomic E-state index is 11.0. The van der Waals surface area contributed by atoms with E-state index in [1.807, 2.05) is 13.8 Å². The van der Waals surface area contributed by atoms with Crippen molar-refractivity contribution in [1.29, 1.82) is 0 Å². The van der Waals surface area contributed by atoms with Gasteiger partial charge >= 0.3 is 0 Å². The van der Waals surface area contributed by atoms with Crippen LogP contribution in [0.15, 0.2) is 12.2 Å². The molecule has 1 spiro atoms. The van der Waals surface area contributed by atoms with Crippen LogP contribution in [0.3, 0.4) is 0 Å². The molecule has 3 N–H and O–H groups in total. The van der Waals surface area contributed by atoms with E-state index < -0.39 is 22.2 Å². The van der Waals surface area contributed by atoms with Gasteiger partial charge in [-0.1, -0.05) is 19.1 Å². The standard InChI is InChI=1S/C20H33ClO4/c1-13-5-6-15(21)19(24,12-22)11-16-20(25-16)14(17(2,3)23)8-10-18(20,4)9-7-13/h14-16,22-24H,1,5-12H2,2-4H3. The summed E-state index contributed by atoms with van der Waals surface area (Å²) in [6.07, 6.45) is 5.28. The Balaban J connectivity index is 1.98. The van der Waals surface area contributed by atoms with Gasteiger partial charge < -0.3 is 20.1 Å². The van der Waals surface area contributed by atoms with E-state index >= 15 is 0 Å². The fourth-order valence-electron chi connectivity index (χ4n) is 5.51. The summed E-state index contributed by atoms with van der Waals surface area (Å²) in [5, 5.41) is 31.0. The lowest BCUT2D eigenvalue weighted by molar-refractivity contribution is -0.0344. The summed E-state index contributed by atoms with van der Waals surface area (Å²) in [6, 6.07) is 0. The highest BCUT2D eigenvalue weighted by atomic mass is 35.5. The zero-order valence-corrected chi connectivity index (χ0v) is 16.5. The normalized spacial score (nSPS) is 48.4. The summed E-state index contributed by atoms with van der Waals surface area (Å²) in [5.41, 5.74) is -1.59. The van der Waals surface area contributed by atoms with Crippen LogP contribution in [0, 0.1) is 11.3 Å². The highest BCUT2D eigenvalue weighted by Crippen LogP contribution is 2.68. The molecule has 3 rings (SSSR count). The Bertz CT molecular complexity index is 544. The summed E-state index contributed by atoms with van der Waals surface area (Å²) in [6.45, 7) is 9.75. The molecule has 25 heavy (non-hydrogen) atoms. The zero-order chi connectivity index (χ0) is 18.7. The molecule has 2 saturated carbocycles. The quantitative estimate of drug-likeness (QED) is 0.395. The second-order valence-corrected chi connectivity index (χ2v) is 9.95. The van der Waals surface area contributed by atoms with Gasteiger partial charge in [0.25, 0.3) is 0 Å². The first-order chi connectivity index (χ1) is 11.5. The molecular formula is C20H33ClO4. The second kappa shape index (κ2) is 6.20. The Morgan fingerprint density at radius 1 is 1.28 bits per heavy atom. The molecule has 3 aliphatic rings. The van der Waals surface area contributed by atoms with Gasteiger partial charge in [-0.2, -0.15) is 0 Å². The number of ether oxygens (including phenoxy) is 1. The third-order valence-electron chi connectivity index (χ3n) is 7.23. The van der Waals surface area contributed by atoms with Crippen LogP contribution in [0.1, 0.15) is 65.7 Å². The molecule has 1 heterocycles. The van der Waals surface area contributed by atoms with Crippen LogP contribution in [0.4, 0.5) is 0 Å². The number of hydrogen-bond donors (Lipinski definition) is 3. The van der Waals surface area contributed by atoms with Gasteiger partial charge in [-0.15, -0.1) is 11.6 Å². The van der Waals surface area contributed by atoms with E-state index in [1.54, 1.807) is 0 Å². The van der Waals surface area contributed by atoms with Crippen LogP contribution >= 0.6 is 11.6 Å². The average Bonchev–Trinajstić information content (AvgIpc) is 3.14. The van der Waals surface area contributed by atoms with E-state index in [1.165, 1.54) is 0 Å². The summed E-state index contributed by atoms with van der Waals surface area (Å²) >= 11 is 6.47. The van der Waals surface area contributed by atoms with Crippen molar-refractivity contribution in [3.8, 4) is 0 Å². The predicted octanol–water partition coefficient (Wildman–Crippen LogP) is 3.16. The van der Waals surface area contributed by atoms with Gasteiger partial charge in [0.1, 0.15) is 11.2 Å². The van der Waals surface area contributed by atoms with Gasteiger partial charge in [0, 0.05) is 12.3 Å². The van der Waals surface area contributed by atoms with Crippen molar-refractivity contribution in [2.45, 2.75) is 94.0 Å². The van der Waals surface area contributed by atoms with Crippen molar-refractivity contribution in [1.82, 2.24) is 0 Å². The molecule has 6 unspecified atom stereocenters. The van der Waals surface area contributed by atoms with E-state index in [0.717, 1.165) is 37.7 Å². The minimum Gasteiger partial charge on any atom is -0.393 e. The minimum atomic E-state index is -1.37. The van der Waals surface area contributed by atoms with E-state index in [4.69, 9.17) is 16.3 Å². The van der Waals surface area contributed by atoms with Gasteiger partial charge in [-0.05, 0) is 57.8 Å². The molecular weight excluding hydrogens is 340 g/mol. The molecule has 6 atom stereocenters. The number of alkyl halides is 1. The van der Waals surface area contributed by atoms with Crippen molar-refractivity contribution in [2.24, 2.45) is 11.3 Å². The molecule has 0 aromatic heterocycles. The van der Waals surface area contributed by atoms with Gasteiger partial charge in [0.2, 0.25) is 0 Å². The molecule has 0 aromatic carbocycles. The van der Waals surface area contributed by atoms with E-state index in [0.29, 0.717) is 12.8 Å². The smallest absolute Gasteiger partial charge is 0.107 e. The summed E-state index contributed by atoms with van der Waals surface area (Å²) in [4.78, 5) is 0. The number of aliphatic hydroxyl groups excluding tert-OH is 1. The first kappa shape index (κ1) is 19.6. The van der Waals surface area contributed by atoms with Gasteiger partial charge in [-0.25, -0.2) is 0 Å². The van der Waals surface area contributed by atoms with Crippen molar-refractivity contribution in [3.63, 3.8) is 0 Å². The first-order valence-electron chi connectivity index (χ1n) is 9.53. The Labute approximate surface area is 156 Å². The summed E-state index contributed by atoms with van der Waals surface area (Å²) in [5.74, 6) is 0.0146. The van der Waals surface area contributed by atoms with Gasteiger partial charge in [0.15, 0.2) is 0 Å². The molecule has 3 fully saturated rings. The van der Waals surface area contributed by atoms with Crippen LogP contribution in [-0.2, 0) is 4.74 Å². The Hall–Kier alpha value is -0.130. The molecule has 1 saturated heterocycles. The number of halogens is 1. The Kier molecular flexibility index (Phi) is 4.87. The highest BCUT2D eigenvalue weighted by Gasteiger charge is 2.75. The number of epoxide rings is 1. The van der Waals surface area contributed by atoms with Gasteiger partial charge in [0.05, 0.1) is 23.7 Å². The van der Waals surface area contributed by atoms with Crippen molar-refractivity contribution in [3.05, 3.63) is 12.2 Å². The monoisotopic (exact) mass is 372 g/mol. The zero-order valence-electron chi connectivity index (χ0n) is 15.7. The van der Waals surface area contributed by atoms with Crippen LogP contribution in [0.25, 0.3) is 0 Å². The number of allylic oxidation sites excluding steroid dienone is 1. The van der Waals surface area contributed by atoms with Crippen molar-refractivity contribution in [2.75, 3.05) is 6.61 Å². The number of aliphatic hydroxyl groups is 3. The van der Waals surface area contributed by atoms with Crippen molar-refractivity contribution >= 4 is 11.6 Å². The lowest BCUT2D eigenvalue weighted by atomic mass is 9.67. The Morgan fingerprint density at radius 3 is 2.56 bits per heavy atom. The largest absolute Gasteiger partial charge is 0.393 e. The summed E-state index contributed by atoms with van der Waals surface area (Å²) < 4.78 is 6.30. The molecule has 2 aliphatic carbocycles. The van der Waals surface area contributed by atoms with Crippen LogP contribution < -0.4 is 0 Å². The topological polar surface area (TPSA) is 73.2 Å². The molecule has 5 heteroatoms. The molecule has 4 nitrogen and oxygen atoms in total. The molecule has 1 aliphatic heterocycles. The Morgan fingerprint density at radius 2 is 1.96 bits per heavy atom. The fraction of sp³-hybridized carbons (Fsp3) is 0.900. The third-order valence-corrected chi connectivity index (χ3v) is 7.86. The highest BCUT2D eigenvalue weighted by molar-refractivity contribution is 6.21. The van der Waals surface area contributed by atoms with Crippen LogP contribution in [0.5, 0.6) is 0 Å². The third kappa shape index (κ3) is 3.08. The molecule has 0 aromatic rings. The molecule has 144 valence electrons. The summed E-state index contributed by atoms with van der Waals surface area (Å²) in [7, 11) is 0. The van der Waals surface area contributed by atoms with E-state index in [9.17, 15) is 15.3 Å². The maximum Gasteiger partial charge on any atom is 0.107 e. The maximum atomic E-state index is 11.0. The lowest BCUT2D eigenvalue weighted by Crippen LogP contribution is -2.49. The molecule has 0 amide bonds. The van der Waals surface area contributed by atoms with Crippen LogP contribution in [-0.4, -0.2) is 50.2 Å². The number of rotatable bonds is 2. The van der Waals surface area contributed by atoms with Crippen molar-refractivity contribution < 1.29 is 20.1 Å². The second-order valence-electron chi connectivity index (χ2n) is 9.43. The van der Waals surface area contributed by atoms with E-state index in [-0.39, 0.29) is 24.0 Å². The van der Waals surface area contributed by atoms with E-state index in [2.05, 4.69) is 13.5 Å². The number of hydrogen-bond acceptors (Lipinski definition) is 4. The molecule has 0 radical (unpaired) electrons. The average molecular weight is 373 g/mol. The molecule has 0 bridgehead atoms. The fourth-order valence-corrected chi connectivity index (χ4v) is 5.78. The SMILES string of the molecule is C=C1CCC(Cl)C(O)(CO)CC2OC23C(C(C)(C)O)CCC3(C)CC1. The minimum absolute atomic E-state index is 0.0146. The van der Waals surface area contributed by atoms with Crippen LogP contribution in [0.2, 0.25) is 0 Å².